The van der Waals surface area contributed by atoms with Crippen LogP contribution in [0.15, 0.2) is 44.9 Å². The van der Waals surface area contributed by atoms with Crippen molar-refractivity contribution in [3.63, 3.8) is 0 Å². The Morgan fingerprint density at radius 3 is 2.71 bits per heavy atom. The molecule has 1 N–H and O–H groups in total. The van der Waals surface area contributed by atoms with E-state index in [1.807, 2.05) is 4.72 Å². The van der Waals surface area contributed by atoms with Crippen LogP contribution in [-0.4, -0.2) is 14.3 Å². The number of carbonyl (C=O) groups is 1. The molecule has 0 aliphatic heterocycles. The predicted molar refractivity (Wildman–Crippen MR) is 83.8 cm³/mol. The summed E-state index contributed by atoms with van der Waals surface area (Å²) in [5.74, 6) is -1.37. The Hall–Kier alpha value is -1.51. The van der Waals surface area contributed by atoms with Gasteiger partial charge in [-0.2, -0.15) is 11.3 Å². The molecule has 0 spiro atoms. The van der Waals surface area contributed by atoms with Crippen LogP contribution in [0.25, 0.3) is 6.08 Å². The van der Waals surface area contributed by atoms with Gasteiger partial charge in [0.2, 0.25) is 0 Å². The monoisotopic (exact) mass is 389 g/mol. The fraction of sp³-hybridized carbons (Fsp3) is 0. The third-order valence-corrected chi connectivity index (χ3v) is 4.72. The van der Waals surface area contributed by atoms with Crippen molar-refractivity contribution in [2.45, 2.75) is 0 Å². The van der Waals surface area contributed by atoms with E-state index in [4.69, 9.17) is 0 Å². The van der Waals surface area contributed by atoms with Gasteiger partial charge in [0.25, 0.3) is 15.9 Å². The van der Waals surface area contributed by atoms with E-state index in [0.717, 1.165) is 23.1 Å². The molecule has 4 nitrogen and oxygen atoms in total. The van der Waals surface area contributed by atoms with E-state index >= 15 is 0 Å². The molecule has 0 atom stereocenters. The summed E-state index contributed by atoms with van der Waals surface area (Å²) in [6, 6.07) is 5.11. The molecule has 0 fully saturated rings. The van der Waals surface area contributed by atoms with Crippen molar-refractivity contribution in [1.29, 1.82) is 0 Å². The molecule has 2 rings (SSSR count). The van der Waals surface area contributed by atoms with E-state index in [1.54, 1.807) is 16.8 Å². The average molecular weight is 390 g/mol. The van der Waals surface area contributed by atoms with E-state index in [1.165, 1.54) is 23.5 Å². The van der Waals surface area contributed by atoms with Crippen LogP contribution in [0.2, 0.25) is 0 Å². The minimum atomic E-state index is -3.92. The Kier molecular flexibility index (Phi) is 4.92. The van der Waals surface area contributed by atoms with Gasteiger partial charge in [-0.25, -0.2) is 17.5 Å². The van der Waals surface area contributed by atoms with E-state index in [9.17, 15) is 17.6 Å². The fourth-order valence-corrected chi connectivity index (χ4v) is 3.36. The molecule has 110 valence electrons. The van der Waals surface area contributed by atoms with Crippen LogP contribution in [0, 0.1) is 5.82 Å². The molecular formula is C13H9BrFNO3S2. The quantitative estimate of drug-likeness (QED) is 0.871. The largest absolute Gasteiger partial charge is 0.268 e. The number of halogens is 2. The summed E-state index contributed by atoms with van der Waals surface area (Å²) in [5, 5.41) is 4.48. The van der Waals surface area contributed by atoms with Crippen molar-refractivity contribution < 1.29 is 17.6 Å². The van der Waals surface area contributed by atoms with E-state index in [2.05, 4.69) is 15.9 Å². The van der Waals surface area contributed by atoms with Crippen molar-refractivity contribution in [3.8, 4) is 0 Å². The van der Waals surface area contributed by atoms with E-state index in [0.29, 0.717) is 0 Å². The molecule has 0 bridgehead atoms. The molecule has 1 heterocycles. The maximum absolute atomic E-state index is 12.9. The Labute approximate surface area is 133 Å². The minimum Gasteiger partial charge on any atom is -0.268 e. The number of carbonyl (C=O) groups excluding carboxylic acids is 1. The van der Waals surface area contributed by atoms with Crippen molar-refractivity contribution in [1.82, 2.24) is 4.72 Å². The first-order valence-corrected chi connectivity index (χ1v) is 8.88. The summed E-state index contributed by atoms with van der Waals surface area (Å²) in [6.07, 6.45) is 1.38. The second-order valence-corrected chi connectivity index (χ2v) is 7.16. The highest BCUT2D eigenvalue weighted by Gasteiger charge is 2.16. The summed E-state index contributed by atoms with van der Waals surface area (Å²) in [7, 11) is -3.92. The fourth-order valence-electron chi connectivity index (χ4n) is 1.43. The van der Waals surface area contributed by atoms with Gasteiger partial charge in [-0.3, -0.25) is 4.79 Å². The molecule has 8 heteroatoms. The van der Waals surface area contributed by atoms with E-state index < -0.39 is 21.7 Å². The van der Waals surface area contributed by atoms with Crippen LogP contribution in [0.4, 0.5) is 4.39 Å². The SMILES string of the molecule is O=C(NS(=O)(=O)/C=C/c1ccsc1)c1ccc(F)cc1Br. The Balaban J connectivity index is 2.14. The molecule has 1 aromatic heterocycles. The van der Waals surface area contributed by atoms with Crippen molar-refractivity contribution in [2.75, 3.05) is 0 Å². The first-order chi connectivity index (χ1) is 9.87. The lowest BCUT2D eigenvalue weighted by Crippen LogP contribution is -2.29. The minimum absolute atomic E-state index is 0.0314. The van der Waals surface area contributed by atoms with Gasteiger partial charge in [0.15, 0.2) is 0 Å². The molecule has 1 amide bonds. The van der Waals surface area contributed by atoms with Gasteiger partial charge in [-0.05, 0) is 62.6 Å². The second-order valence-electron chi connectivity index (χ2n) is 3.96. The maximum Gasteiger partial charge on any atom is 0.266 e. The van der Waals surface area contributed by atoms with Gasteiger partial charge in [0.05, 0.1) is 11.0 Å². The van der Waals surface area contributed by atoms with Crippen LogP contribution < -0.4 is 4.72 Å². The van der Waals surface area contributed by atoms with Gasteiger partial charge >= 0.3 is 0 Å². The molecule has 0 unspecified atom stereocenters. The number of benzene rings is 1. The highest BCUT2D eigenvalue weighted by molar-refractivity contribution is 9.10. The smallest absolute Gasteiger partial charge is 0.266 e. The van der Waals surface area contributed by atoms with Gasteiger partial charge < -0.3 is 0 Å². The standard InChI is InChI=1S/C13H9BrFNO3S2/c14-12-7-10(15)1-2-11(12)13(17)16-21(18,19)6-4-9-3-5-20-8-9/h1-8H,(H,16,17)/b6-4+. The lowest BCUT2D eigenvalue weighted by Gasteiger charge is -2.05. The highest BCUT2D eigenvalue weighted by atomic mass is 79.9. The third kappa shape index (κ3) is 4.48. The molecule has 0 saturated carbocycles. The number of nitrogens with one attached hydrogen (secondary N) is 1. The topological polar surface area (TPSA) is 63.2 Å². The lowest BCUT2D eigenvalue weighted by atomic mass is 10.2. The second kappa shape index (κ2) is 6.50. The molecule has 21 heavy (non-hydrogen) atoms. The van der Waals surface area contributed by atoms with Gasteiger partial charge in [0.1, 0.15) is 5.82 Å². The summed E-state index contributed by atoms with van der Waals surface area (Å²) < 4.78 is 38.6. The molecule has 2 aromatic rings. The summed E-state index contributed by atoms with van der Waals surface area (Å²) >= 11 is 4.44. The normalized spacial score (nSPS) is 11.7. The molecule has 0 aliphatic carbocycles. The van der Waals surface area contributed by atoms with Crippen LogP contribution in [-0.2, 0) is 10.0 Å². The van der Waals surface area contributed by atoms with Crippen LogP contribution in [0.1, 0.15) is 15.9 Å². The number of rotatable bonds is 4. The maximum atomic E-state index is 12.9. The number of sulfonamides is 1. The predicted octanol–water partition coefficient (Wildman–Crippen LogP) is 3.38. The average Bonchev–Trinajstić information content (AvgIpc) is 2.88. The number of amides is 1. The third-order valence-electron chi connectivity index (χ3n) is 2.39. The Morgan fingerprint density at radius 1 is 1.33 bits per heavy atom. The summed E-state index contributed by atoms with van der Waals surface area (Å²) in [6.45, 7) is 0. The summed E-state index contributed by atoms with van der Waals surface area (Å²) in [5.41, 5.74) is 0.754. The zero-order valence-corrected chi connectivity index (χ0v) is 13.6. The van der Waals surface area contributed by atoms with Crippen molar-refractivity contribution >= 4 is 49.3 Å². The molecule has 0 radical (unpaired) electrons. The molecule has 1 aromatic carbocycles. The first kappa shape index (κ1) is 15.9. The van der Waals surface area contributed by atoms with Crippen LogP contribution in [0.3, 0.4) is 0 Å². The number of hydrogen-bond donors (Lipinski definition) is 1. The number of thiophene rings is 1. The Morgan fingerprint density at radius 2 is 2.10 bits per heavy atom. The van der Waals surface area contributed by atoms with Crippen LogP contribution >= 0.6 is 27.3 Å². The molecular weight excluding hydrogens is 381 g/mol. The zero-order valence-electron chi connectivity index (χ0n) is 10.4. The van der Waals surface area contributed by atoms with Gasteiger partial charge in [0, 0.05) is 4.47 Å². The lowest BCUT2D eigenvalue weighted by molar-refractivity contribution is 0.0981. The molecule has 0 aliphatic rings. The first-order valence-electron chi connectivity index (χ1n) is 5.60. The Bertz CT molecular complexity index is 786. The van der Waals surface area contributed by atoms with Gasteiger partial charge in [-0.15, -0.1) is 0 Å². The van der Waals surface area contributed by atoms with Crippen molar-refractivity contribution in [2.24, 2.45) is 0 Å². The molecule has 0 saturated heterocycles. The van der Waals surface area contributed by atoms with E-state index in [-0.39, 0.29) is 10.0 Å². The summed E-state index contributed by atoms with van der Waals surface area (Å²) in [4.78, 5) is 11.9. The number of hydrogen-bond acceptors (Lipinski definition) is 4. The van der Waals surface area contributed by atoms with Crippen LogP contribution in [0.5, 0.6) is 0 Å². The van der Waals surface area contributed by atoms with Gasteiger partial charge in [-0.1, -0.05) is 0 Å². The zero-order chi connectivity index (χ0) is 15.5. The van der Waals surface area contributed by atoms with Crippen molar-refractivity contribution in [3.05, 3.63) is 61.9 Å². The highest BCUT2D eigenvalue weighted by Crippen LogP contribution is 2.18.